The zero-order chi connectivity index (χ0) is 9.23. The summed E-state index contributed by atoms with van der Waals surface area (Å²) in [5.41, 5.74) is 0. The number of rotatable bonds is 5. The zero-order valence-corrected chi connectivity index (χ0v) is 6.95. The van der Waals surface area contributed by atoms with Crippen LogP contribution in [0.4, 0.5) is 0 Å². The van der Waals surface area contributed by atoms with Gasteiger partial charge in [0.25, 0.3) is 0 Å². The van der Waals surface area contributed by atoms with Gasteiger partial charge in [0.15, 0.2) is 0 Å². The summed E-state index contributed by atoms with van der Waals surface area (Å²) in [5, 5.41) is 25.0. The molecule has 3 nitrogen and oxygen atoms in total. The minimum atomic E-state index is 0.231. The Morgan fingerprint density at radius 1 is 0.833 bits per heavy atom. The summed E-state index contributed by atoms with van der Waals surface area (Å²) >= 11 is 0. The summed E-state index contributed by atoms with van der Waals surface area (Å²) in [7, 11) is 0. The third-order valence-electron chi connectivity index (χ3n) is 1.71. The van der Waals surface area contributed by atoms with Crippen LogP contribution in [-0.4, -0.2) is 0 Å². The van der Waals surface area contributed by atoms with Crippen LogP contribution in [0.5, 0.6) is 0 Å². The fourth-order valence-electron chi connectivity index (χ4n) is 1.01. The summed E-state index contributed by atoms with van der Waals surface area (Å²) in [4.78, 5) is 0. The van der Waals surface area contributed by atoms with Gasteiger partial charge in [0.2, 0.25) is 0 Å². The van der Waals surface area contributed by atoms with E-state index in [4.69, 9.17) is 15.8 Å². The van der Waals surface area contributed by atoms with Crippen molar-refractivity contribution in [3.05, 3.63) is 0 Å². The molecule has 12 heavy (non-hydrogen) atoms. The lowest BCUT2D eigenvalue weighted by Gasteiger charge is -2.07. The fourth-order valence-corrected chi connectivity index (χ4v) is 1.01. The van der Waals surface area contributed by atoms with E-state index in [-0.39, 0.29) is 5.92 Å². The van der Waals surface area contributed by atoms with Crippen LogP contribution in [0.25, 0.3) is 0 Å². The van der Waals surface area contributed by atoms with Crippen LogP contribution >= 0.6 is 0 Å². The molecule has 0 saturated heterocycles. The van der Waals surface area contributed by atoms with Gasteiger partial charge in [-0.2, -0.15) is 15.8 Å². The maximum absolute atomic E-state index is 8.42. The average Bonchev–Trinajstić information content (AvgIpc) is 2.10. The van der Waals surface area contributed by atoms with Gasteiger partial charge in [-0.3, -0.25) is 0 Å². The second-order valence-corrected chi connectivity index (χ2v) is 2.62. The molecule has 0 aliphatic heterocycles. The number of hydrogen-bond acceptors (Lipinski definition) is 3. The van der Waals surface area contributed by atoms with Crippen molar-refractivity contribution in [3.63, 3.8) is 0 Å². The van der Waals surface area contributed by atoms with Crippen molar-refractivity contribution >= 4 is 0 Å². The molecule has 0 N–H and O–H groups in total. The lowest BCUT2D eigenvalue weighted by Crippen LogP contribution is -1.98. The first-order valence-electron chi connectivity index (χ1n) is 3.96. The molecule has 0 radical (unpaired) electrons. The Morgan fingerprint density at radius 2 is 1.33 bits per heavy atom. The highest BCUT2D eigenvalue weighted by Gasteiger charge is 2.06. The van der Waals surface area contributed by atoms with Gasteiger partial charge in [0.05, 0.1) is 18.2 Å². The summed E-state index contributed by atoms with van der Waals surface area (Å²) in [6, 6.07) is 6.15. The molecule has 0 saturated carbocycles. The van der Waals surface area contributed by atoms with Crippen LogP contribution in [0.3, 0.4) is 0 Å². The van der Waals surface area contributed by atoms with Crippen molar-refractivity contribution in [2.45, 2.75) is 32.1 Å². The quantitative estimate of drug-likeness (QED) is 0.620. The van der Waals surface area contributed by atoms with E-state index in [0.717, 1.165) is 12.8 Å². The predicted molar refractivity (Wildman–Crippen MR) is 43.4 cm³/mol. The van der Waals surface area contributed by atoms with Gasteiger partial charge in [-0.25, -0.2) is 0 Å². The Labute approximate surface area is 72.8 Å². The van der Waals surface area contributed by atoms with E-state index in [1.165, 1.54) is 0 Å². The molecule has 62 valence electrons. The van der Waals surface area contributed by atoms with E-state index < -0.39 is 0 Å². The topological polar surface area (TPSA) is 71.4 Å². The summed E-state index contributed by atoms with van der Waals surface area (Å²) < 4.78 is 0. The zero-order valence-electron chi connectivity index (χ0n) is 6.95. The molecule has 3 heteroatoms. The van der Waals surface area contributed by atoms with Crippen LogP contribution in [-0.2, 0) is 0 Å². The molecule has 0 aromatic carbocycles. The van der Waals surface area contributed by atoms with Gasteiger partial charge in [-0.1, -0.05) is 0 Å². The maximum Gasteiger partial charge on any atom is 0.0624 e. The van der Waals surface area contributed by atoms with Crippen molar-refractivity contribution < 1.29 is 0 Å². The van der Waals surface area contributed by atoms with E-state index in [0.29, 0.717) is 19.3 Å². The smallest absolute Gasteiger partial charge is 0.0624 e. The van der Waals surface area contributed by atoms with E-state index >= 15 is 0 Å². The maximum atomic E-state index is 8.42. The van der Waals surface area contributed by atoms with E-state index in [9.17, 15) is 0 Å². The number of nitriles is 3. The second kappa shape index (κ2) is 7.58. The standard InChI is InChI=1S/C9H11N3/c10-6-1-3-9(5-8-12)4-2-7-11/h9H,1-5H2. The highest BCUT2D eigenvalue weighted by molar-refractivity contribution is 4.82. The Bertz CT molecular complexity index is 208. The molecule has 0 fully saturated rings. The Hall–Kier alpha value is -1.53. The van der Waals surface area contributed by atoms with E-state index in [1.54, 1.807) is 0 Å². The molecule has 0 bridgehead atoms. The first-order valence-corrected chi connectivity index (χ1v) is 3.96. The van der Waals surface area contributed by atoms with Crippen LogP contribution < -0.4 is 0 Å². The first kappa shape index (κ1) is 10.5. The average molecular weight is 161 g/mol. The fraction of sp³-hybridized carbons (Fsp3) is 0.667. The van der Waals surface area contributed by atoms with Gasteiger partial charge in [0.1, 0.15) is 0 Å². The SMILES string of the molecule is N#CCCC(CC#N)CCC#N. The molecule has 0 aromatic rings. The molecular formula is C9H11N3. The predicted octanol–water partition coefficient (Wildman–Crippen LogP) is 2.12. The monoisotopic (exact) mass is 161 g/mol. The molecule has 0 atom stereocenters. The van der Waals surface area contributed by atoms with Gasteiger partial charge in [0, 0.05) is 19.3 Å². The molecule has 0 heterocycles. The van der Waals surface area contributed by atoms with E-state index in [2.05, 4.69) is 6.07 Å². The Kier molecular flexibility index (Phi) is 6.61. The third-order valence-corrected chi connectivity index (χ3v) is 1.71. The van der Waals surface area contributed by atoms with Crippen molar-refractivity contribution in [1.82, 2.24) is 0 Å². The van der Waals surface area contributed by atoms with Crippen LogP contribution in [0.1, 0.15) is 32.1 Å². The lowest BCUT2D eigenvalue weighted by molar-refractivity contribution is 0.471. The number of nitrogens with zero attached hydrogens (tertiary/aromatic N) is 3. The third kappa shape index (κ3) is 5.27. The normalized spacial score (nSPS) is 8.50. The molecule has 0 unspecified atom stereocenters. The van der Waals surface area contributed by atoms with Crippen LogP contribution in [0.15, 0.2) is 0 Å². The molecule has 0 aliphatic carbocycles. The molecule has 0 aromatic heterocycles. The Balaban J connectivity index is 3.66. The molecule has 0 amide bonds. The van der Waals surface area contributed by atoms with Crippen molar-refractivity contribution in [2.24, 2.45) is 5.92 Å². The molecular weight excluding hydrogens is 150 g/mol. The highest BCUT2D eigenvalue weighted by atomic mass is 14.3. The molecule has 0 aliphatic rings. The van der Waals surface area contributed by atoms with E-state index in [1.807, 2.05) is 12.1 Å². The van der Waals surface area contributed by atoms with Crippen molar-refractivity contribution in [3.8, 4) is 18.2 Å². The highest BCUT2D eigenvalue weighted by Crippen LogP contribution is 2.16. The van der Waals surface area contributed by atoms with Gasteiger partial charge in [-0.15, -0.1) is 0 Å². The van der Waals surface area contributed by atoms with Crippen molar-refractivity contribution in [1.29, 1.82) is 15.8 Å². The summed E-state index contributed by atoms with van der Waals surface area (Å²) in [6.07, 6.45) is 2.91. The minimum absolute atomic E-state index is 0.231. The van der Waals surface area contributed by atoms with Crippen LogP contribution in [0, 0.1) is 39.9 Å². The van der Waals surface area contributed by atoms with Gasteiger partial charge < -0.3 is 0 Å². The minimum Gasteiger partial charge on any atom is -0.198 e. The summed E-state index contributed by atoms with van der Waals surface area (Å²) in [5.74, 6) is 0.231. The van der Waals surface area contributed by atoms with Gasteiger partial charge in [-0.05, 0) is 18.8 Å². The molecule has 0 rings (SSSR count). The van der Waals surface area contributed by atoms with Crippen molar-refractivity contribution in [2.75, 3.05) is 0 Å². The van der Waals surface area contributed by atoms with Crippen LogP contribution in [0.2, 0.25) is 0 Å². The summed E-state index contributed by atoms with van der Waals surface area (Å²) in [6.45, 7) is 0. The Morgan fingerprint density at radius 3 is 1.67 bits per heavy atom. The largest absolute Gasteiger partial charge is 0.198 e. The number of hydrogen-bond donors (Lipinski definition) is 0. The second-order valence-electron chi connectivity index (χ2n) is 2.62. The van der Waals surface area contributed by atoms with Gasteiger partial charge >= 0.3 is 0 Å². The molecule has 0 spiro atoms. The lowest BCUT2D eigenvalue weighted by atomic mass is 9.95. The first-order chi connectivity index (χ1) is 5.85.